The monoisotopic (exact) mass is 247 g/mol. The van der Waals surface area contributed by atoms with Crippen molar-refractivity contribution in [2.45, 2.75) is 46.8 Å². The highest BCUT2D eigenvalue weighted by Crippen LogP contribution is 2.12. The van der Waals surface area contributed by atoms with E-state index in [-0.39, 0.29) is 0 Å². The van der Waals surface area contributed by atoms with Gasteiger partial charge in [-0.05, 0) is 32.4 Å². The van der Waals surface area contributed by atoms with E-state index < -0.39 is 0 Å². The van der Waals surface area contributed by atoms with Gasteiger partial charge in [-0.25, -0.2) is 0 Å². The van der Waals surface area contributed by atoms with E-state index in [2.05, 4.69) is 40.3 Å². The first-order valence-electron chi connectivity index (χ1n) is 6.49. The Morgan fingerprint density at radius 1 is 1.33 bits per heavy atom. The minimum atomic E-state index is 0.804. The summed E-state index contributed by atoms with van der Waals surface area (Å²) in [5.74, 6) is 0.906. The minimum Gasteiger partial charge on any atom is -0.361 e. The molecule has 0 fully saturated rings. The van der Waals surface area contributed by atoms with Crippen molar-refractivity contribution >= 4 is 0 Å². The number of nitrogens with zero attached hydrogens (tertiary/aromatic N) is 2. The molecule has 4 heteroatoms. The SMILES string of the molecule is CCCn1cccc1CNCc1c(C)noc1C. The van der Waals surface area contributed by atoms with E-state index in [1.807, 2.05) is 13.8 Å². The number of aryl methyl sites for hydroxylation is 3. The van der Waals surface area contributed by atoms with Crippen LogP contribution in [0.25, 0.3) is 0 Å². The van der Waals surface area contributed by atoms with Gasteiger partial charge in [-0.15, -0.1) is 0 Å². The molecular formula is C14H21N3O. The van der Waals surface area contributed by atoms with Gasteiger partial charge in [0.15, 0.2) is 0 Å². The standard InChI is InChI=1S/C14H21N3O/c1-4-7-17-8-5-6-13(17)9-15-10-14-11(2)16-18-12(14)3/h5-6,8,15H,4,7,9-10H2,1-3H3. The molecule has 0 spiro atoms. The van der Waals surface area contributed by atoms with Crippen LogP contribution < -0.4 is 5.32 Å². The number of rotatable bonds is 6. The number of hydrogen-bond donors (Lipinski definition) is 1. The zero-order valence-corrected chi connectivity index (χ0v) is 11.4. The summed E-state index contributed by atoms with van der Waals surface area (Å²) >= 11 is 0. The molecule has 98 valence electrons. The smallest absolute Gasteiger partial charge is 0.138 e. The fourth-order valence-corrected chi connectivity index (χ4v) is 2.14. The molecule has 2 aromatic rings. The minimum absolute atomic E-state index is 0.804. The van der Waals surface area contributed by atoms with E-state index in [1.165, 1.54) is 11.3 Å². The van der Waals surface area contributed by atoms with E-state index >= 15 is 0 Å². The first kappa shape index (κ1) is 12.9. The summed E-state index contributed by atoms with van der Waals surface area (Å²) in [4.78, 5) is 0. The van der Waals surface area contributed by atoms with Gasteiger partial charge in [-0.1, -0.05) is 12.1 Å². The zero-order valence-electron chi connectivity index (χ0n) is 11.4. The van der Waals surface area contributed by atoms with E-state index in [0.717, 1.165) is 37.5 Å². The van der Waals surface area contributed by atoms with Crippen molar-refractivity contribution in [1.82, 2.24) is 15.0 Å². The summed E-state index contributed by atoms with van der Waals surface area (Å²) in [5, 5.41) is 7.41. The van der Waals surface area contributed by atoms with Crippen LogP contribution in [-0.4, -0.2) is 9.72 Å². The molecule has 0 bridgehead atoms. The van der Waals surface area contributed by atoms with Crippen molar-refractivity contribution < 1.29 is 4.52 Å². The lowest BCUT2D eigenvalue weighted by Gasteiger charge is -2.09. The maximum absolute atomic E-state index is 5.15. The van der Waals surface area contributed by atoms with Gasteiger partial charge in [0.1, 0.15) is 5.76 Å². The summed E-state index contributed by atoms with van der Waals surface area (Å²) in [6, 6.07) is 4.26. The molecule has 0 aromatic carbocycles. The van der Waals surface area contributed by atoms with Gasteiger partial charge < -0.3 is 14.4 Å². The van der Waals surface area contributed by atoms with Crippen LogP contribution in [0.5, 0.6) is 0 Å². The average Bonchev–Trinajstić information content (AvgIpc) is 2.91. The second-order valence-electron chi connectivity index (χ2n) is 4.60. The Morgan fingerprint density at radius 3 is 2.83 bits per heavy atom. The van der Waals surface area contributed by atoms with Crippen molar-refractivity contribution in [3.05, 3.63) is 41.0 Å². The third kappa shape index (κ3) is 2.82. The Bertz CT molecular complexity index is 479. The maximum Gasteiger partial charge on any atom is 0.138 e. The Labute approximate surface area is 108 Å². The Kier molecular flexibility index (Phi) is 4.20. The van der Waals surface area contributed by atoms with Crippen LogP contribution in [0, 0.1) is 13.8 Å². The van der Waals surface area contributed by atoms with Crippen LogP contribution in [0.15, 0.2) is 22.9 Å². The second kappa shape index (κ2) is 5.87. The zero-order chi connectivity index (χ0) is 13.0. The van der Waals surface area contributed by atoms with Crippen LogP contribution >= 0.6 is 0 Å². The lowest BCUT2D eigenvalue weighted by molar-refractivity contribution is 0.391. The van der Waals surface area contributed by atoms with Gasteiger partial charge in [0.05, 0.1) is 5.69 Å². The molecule has 0 amide bonds. The van der Waals surface area contributed by atoms with Crippen molar-refractivity contribution in [3.63, 3.8) is 0 Å². The van der Waals surface area contributed by atoms with Gasteiger partial charge in [0.2, 0.25) is 0 Å². The van der Waals surface area contributed by atoms with Gasteiger partial charge in [-0.3, -0.25) is 0 Å². The topological polar surface area (TPSA) is 43.0 Å². The molecule has 0 radical (unpaired) electrons. The predicted octanol–water partition coefficient (Wildman–Crippen LogP) is 2.79. The van der Waals surface area contributed by atoms with Crippen LogP contribution in [-0.2, 0) is 19.6 Å². The summed E-state index contributed by atoms with van der Waals surface area (Å²) in [6.45, 7) is 8.88. The first-order chi connectivity index (χ1) is 8.72. The third-order valence-corrected chi connectivity index (χ3v) is 3.18. The molecule has 0 saturated carbocycles. The van der Waals surface area contributed by atoms with Crippen molar-refractivity contribution in [1.29, 1.82) is 0 Å². The third-order valence-electron chi connectivity index (χ3n) is 3.18. The molecule has 2 aromatic heterocycles. The summed E-state index contributed by atoms with van der Waals surface area (Å²) in [6.07, 6.45) is 3.29. The Balaban J connectivity index is 1.90. The van der Waals surface area contributed by atoms with Crippen LogP contribution in [0.3, 0.4) is 0 Å². The summed E-state index contributed by atoms with van der Waals surface area (Å²) in [5.41, 5.74) is 3.47. The van der Waals surface area contributed by atoms with Crippen molar-refractivity contribution in [3.8, 4) is 0 Å². The van der Waals surface area contributed by atoms with Crippen LogP contribution in [0.1, 0.15) is 36.1 Å². The molecule has 18 heavy (non-hydrogen) atoms. The maximum atomic E-state index is 5.15. The van der Waals surface area contributed by atoms with E-state index in [9.17, 15) is 0 Å². The predicted molar refractivity (Wildman–Crippen MR) is 71.2 cm³/mol. The fourth-order valence-electron chi connectivity index (χ4n) is 2.14. The van der Waals surface area contributed by atoms with Gasteiger partial charge in [-0.2, -0.15) is 0 Å². The molecular weight excluding hydrogens is 226 g/mol. The molecule has 0 atom stereocenters. The first-order valence-corrected chi connectivity index (χ1v) is 6.49. The fraction of sp³-hybridized carbons (Fsp3) is 0.500. The molecule has 1 N–H and O–H groups in total. The van der Waals surface area contributed by atoms with Gasteiger partial charge in [0, 0.05) is 37.1 Å². The van der Waals surface area contributed by atoms with Crippen LogP contribution in [0.2, 0.25) is 0 Å². The molecule has 2 rings (SSSR count). The molecule has 0 aliphatic carbocycles. The average molecular weight is 247 g/mol. The van der Waals surface area contributed by atoms with E-state index in [4.69, 9.17) is 4.52 Å². The highest BCUT2D eigenvalue weighted by atomic mass is 16.5. The lowest BCUT2D eigenvalue weighted by Crippen LogP contribution is -2.16. The lowest BCUT2D eigenvalue weighted by atomic mass is 10.2. The molecule has 2 heterocycles. The normalized spacial score (nSPS) is 11.1. The van der Waals surface area contributed by atoms with Gasteiger partial charge in [0.25, 0.3) is 0 Å². The Morgan fingerprint density at radius 2 is 2.17 bits per heavy atom. The van der Waals surface area contributed by atoms with Crippen molar-refractivity contribution in [2.24, 2.45) is 0 Å². The molecule has 0 unspecified atom stereocenters. The largest absolute Gasteiger partial charge is 0.361 e. The summed E-state index contributed by atoms with van der Waals surface area (Å²) < 4.78 is 7.44. The van der Waals surface area contributed by atoms with Crippen LogP contribution in [0.4, 0.5) is 0 Å². The van der Waals surface area contributed by atoms with E-state index in [0.29, 0.717) is 0 Å². The van der Waals surface area contributed by atoms with Gasteiger partial charge >= 0.3 is 0 Å². The summed E-state index contributed by atoms with van der Waals surface area (Å²) in [7, 11) is 0. The van der Waals surface area contributed by atoms with Crippen molar-refractivity contribution in [2.75, 3.05) is 0 Å². The molecule has 0 saturated heterocycles. The molecule has 0 aliphatic rings. The molecule has 4 nitrogen and oxygen atoms in total. The number of aromatic nitrogens is 2. The van der Waals surface area contributed by atoms with E-state index in [1.54, 1.807) is 0 Å². The number of nitrogens with one attached hydrogen (secondary N) is 1. The highest BCUT2D eigenvalue weighted by Gasteiger charge is 2.08. The quantitative estimate of drug-likeness (QED) is 0.853. The number of hydrogen-bond acceptors (Lipinski definition) is 3. The Hall–Kier alpha value is -1.55. The second-order valence-corrected chi connectivity index (χ2v) is 4.60. The molecule has 0 aliphatic heterocycles. The highest BCUT2D eigenvalue weighted by molar-refractivity contribution is 5.20.